The number of likely N-dealkylation sites (tertiary alicyclic amines) is 1. The Morgan fingerprint density at radius 1 is 1.07 bits per heavy atom. The van der Waals surface area contributed by atoms with Crippen molar-refractivity contribution >= 4 is 0 Å². The van der Waals surface area contributed by atoms with Gasteiger partial charge in [-0.05, 0) is 7.05 Å². The van der Waals surface area contributed by atoms with Crippen molar-refractivity contribution in [3.8, 4) is 0 Å². The van der Waals surface area contributed by atoms with Gasteiger partial charge in [-0.25, -0.2) is 0 Å². The number of hydrogen-bond donors (Lipinski definition) is 0. The molecule has 2 atom stereocenters. The number of quaternary nitrogens is 1. The van der Waals surface area contributed by atoms with E-state index in [0.717, 1.165) is 12.1 Å². The Labute approximate surface area is 89.5 Å². The van der Waals surface area contributed by atoms with E-state index in [9.17, 15) is 0 Å². The van der Waals surface area contributed by atoms with Gasteiger partial charge in [0.15, 0.2) is 0 Å². The fourth-order valence-corrected chi connectivity index (χ4v) is 2.75. The molecule has 0 radical (unpaired) electrons. The lowest BCUT2D eigenvalue weighted by molar-refractivity contribution is -0.929. The summed E-state index contributed by atoms with van der Waals surface area (Å²) in [6, 6.07) is 1.83. The summed E-state index contributed by atoms with van der Waals surface area (Å²) in [5.41, 5.74) is 0. The number of piperazine rings is 1. The molecule has 2 aliphatic heterocycles. The van der Waals surface area contributed by atoms with Crippen LogP contribution in [0, 0.1) is 0 Å². The molecule has 2 unspecified atom stereocenters. The Hall–Kier alpha value is -0.0800. The molecule has 2 rings (SSSR count). The highest BCUT2D eigenvalue weighted by molar-refractivity contribution is 4.83. The van der Waals surface area contributed by atoms with Gasteiger partial charge in [-0.15, -0.1) is 0 Å². The van der Waals surface area contributed by atoms with E-state index in [-0.39, 0.29) is 0 Å². The standard InChI is InChI=1S/C9H19N2.C3H8/c1-10-6-8-4-5-9(7-10)11(8,2)3;1-3-2/h8-9H,4-7H2,1-3H3;3H2,1-2H3/q+1;. The van der Waals surface area contributed by atoms with E-state index in [1.807, 2.05) is 0 Å². The first-order valence-corrected chi connectivity index (χ1v) is 6.04. The summed E-state index contributed by atoms with van der Waals surface area (Å²) in [6.07, 6.45) is 4.14. The van der Waals surface area contributed by atoms with Gasteiger partial charge in [-0.1, -0.05) is 20.3 Å². The number of rotatable bonds is 0. The van der Waals surface area contributed by atoms with Crippen molar-refractivity contribution in [3.63, 3.8) is 0 Å². The smallest absolute Gasteiger partial charge is 0.102 e. The number of hydrogen-bond acceptors (Lipinski definition) is 1. The highest BCUT2D eigenvalue weighted by Gasteiger charge is 2.47. The third-order valence-corrected chi connectivity index (χ3v) is 3.76. The van der Waals surface area contributed by atoms with Gasteiger partial charge in [0.1, 0.15) is 12.1 Å². The van der Waals surface area contributed by atoms with Crippen LogP contribution in [0.3, 0.4) is 0 Å². The second kappa shape index (κ2) is 4.63. The van der Waals surface area contributed by atoms with Gasteiger partial charge in [0.05, 0.1) is 27.2 Å². The Morgan fingerprint density at radius 2 is 1.43 bits per heavy atom. The van der Waals surface area contributed by atoms with Gasteiger partial charge >= 0.3 is 0 Å². The maximum atomic E-state index is 2.49. The average Bonchev–Trinajstić information content (AvgIpc) is 2.31. The minimum absolute atomic E-state index is 0.916. The fraction of sp³-hybridized carbons (Fsp3) is 1.00. The van der Waals surface area contributed by atoms with E-state index >= 15 is 0 Å². The third-order valence-electron chi connectivity index (χ3n) is 3.76. The predicted molar refractivity (Wildman–Crippen MR) is 62.4 cm³/mol. The van der Waals surface area contributed by atoms with Crippen molar-refractivity contribution < 1.29 is 4.48 Å². The summed E-state index contributed by atoms with van der Waals surface area (Å²) in [5.74, 6) is 0. The normalized spacial score (nSPS) is 34.9. The maximum Gasteiger partial charge on any atom is 0.102 e. The lowest BCUT2D eigenvalue weighted by Gasteiger charge is -2.44. The van der Waals surface area contributed by atoms with Crippen LogP contribution in [0.25, 0.3) is 0 Å². The van der Waals surface area contributed by atoms with Crippen LogP contribution < -0.4 is 0 Å². The summed E-state index contributed by atoms with van der Waals surface area (Å²) in [6.45, 7) is 6.87. The zero-order chi connectivity index (χ0) is 10.8. The van der Waals surface area contributed by atoms with Crippen molar-refractivity contribution in [3.05, 3.63) is 0 Å². The summed E-state index contributed by atoms with van der Waals surface area (Å²) >= 11 is 0. The van der Waals surface area contributed by atoms with E-state index < -0.39 is 0 Å². The SMILES string of the molecule is CCC.CN1CC2CCC(C1)[N+]2(C)C. The monoisotopic (exact) mass is 199 g/mol. The molecular formula is C12H27N2+. The van der Waals surface area contributed by atoms with Crippen molar-refractivity contribution in [1.29, 1.82) is 0 Å². The molecule has 0 amide bonds. The van der Waals surface area contributed by atoms with Crippen LogP contribution in [0.5, 0.6) is 0 Å². The second-order valence-electron chi connectivity index (χ2n) is 5.44. The average molecular weight is 199 g/mol. The Balaban J connectivity index is 0.000000293. The summed E-state index contributed by atoms with van der Waals surface area (Å²) in [7, 11) is 7.05. The minimum atomic E-state index is 0.916. The molecule has 2 saturated heterocycles. The Morgan fingerprint density at radius 3 is 1.79 bits per heavy atom. The molecule has 0 aliphatic carbocycles. The number of nitrogens with zero attached hydrogens (tertiary/aromatic N) is 2. The molecule has 2 aliphatic rings. The Kier molecular flexibility index (Phi) is 3.96. The highest BCUT2D eigenvalue weighted by Crippen LogP contribution is 2.33. The van der Waals surface area contributed by atoms with Crippen LogP contribution in [0.15, 0.2) is 0 Å². The zero-order valence-electron chi connectivity index (χ0n) is 10.6. The molecule has 2 bridgehead atoms. The number of likely N-dealkylation sites (N-methyl/N-ethyl adjacent to an activating group) is 2. The molecule has 0 saturated carbocycles. The molecule has 0 aromatic heterocycles. The molecule has 2 nitrogen and oxygen atoms in total. The van der Waals surface area contributed by atoms with Crippen LogP contribution in [-0.4, -0.2) is 55.7 Å². The second-order valence-corrected chi connectivity index (χ2v) is 5.44. The predicted octanol–water partition coefficient (Wildman–Crippen LogP) is 1.96. The van der Waals surface area contributed by atoms with E-state index in [0.29, 0.717) is 0 Å². The van der Waals surface area contributed by atoms with E-state index in [4.69, 9.17) is 0 Å². The Bertz CT molecular complexity index is 161. The van der Waals surface area contributed by atoms with Gasteiger partial charge < -0.3 is 4.48 Å². The first-order valence-electron chi connectivity index (χ1n) is 6.04. The molecule has 0 aromatic rings. The van der Waals surface area contributed by atoms with Crippen LogP contribution >= 0.6 is 0 Å². The summed E-state index contributed by atoms with van der Waals surface area (Å²) in [4.78, 5) is 2.49. The molecular weight excluding hydrogens is 172 g/mol. The van der Waals surface area contributed by atoms with Crippen molar-refractivity contribution in [1.82, 2.24) is 4.90 Å². The largest absolute Gasteiger partial charge is 0.321 e. The van der Waals surface area contributed by atoms with Crippen molar-refractivity contribution in [2.24, 2.45) is 0 Å². The van der Waals surface area contributed by atoms with Gasteiger partial charge in [-0.2, -0.15) is 0 Å². The van der Waals surface area contributed by atoms with E-state index in [1.54, 1.807) is 0 Å². The molecule has 0 aromatic carbocycles. The molecule has 2 heteroatoms. The third kappa shape index (κ3) is 2.29. The molecule has 84 valence electrons. The minimum Gasteiger partial charge on any atom is -0.321 e. The lowest BCUT2D eigenvalue weighted by Crippen LogP contribution is -2.61. The first kappa shape index (κ1) is 12.0. The van der Waals surface area contributed by atoms with Crippen LogP contribution in [0.4, 0.5) is 0 Å². The fourth-order valence-electron chi connectivity index (χ4n) is 2.75. The number of fused-ring (bicyclic) bond motifs is 2. The van der Waals surface area contributed by atoms with Gasteiger partial charge in [0.25, 0.3) is 0 Å². The van der Waals surface area contributed by atoms with Gasteiger partial charge in [0, 0.05) is 12.8 Å². The van der Waals surface area contributed by atoms with Gasteiger partial charge in [0.2, 0.25) is 0 Å². The first-order chi connectivity index (χ1) is 6.52. The quantitative estimate of drug-likeness (QED) is 0.539. The molecule has 0 N–H and O–H groups in total. The lowest BCUT2D eigenvalue weighted by atomic mass is 10.2. The van der Waals surface area contributed by atoms with Gasteiger partial charge in [-0.3, -0.25) is 4.90 Å². The maximum absolute atomic E-state index is 2.49. The summed E-state index contributed by atoms with van der Waals surface area (Å²) in [5, 5.41) is 0. The topological polar surface area (TPSA) is 3.24 Å². The van der Waals surface area contributed by atoms with Crippen LogP contribution in [0.2, 0.25) is 0 Å². The van der Waals surface area contributed by atoms with Crippen LogP contribution in [-0.2, 0) is 0 Å². The van der Waals surface area contributed by atoms with Crippen LogP contribution in [0.1, 0.15) is 33.1 Å². The van der Waals surface area contributed by atoms with Crippen molar-refractivity contribution in [2.75, 3.05) is 34.2 Å². The summed E-state index contributed by atoms with van der Waals surface area (Å²) < 4.78 is 1.28. The highest BCUT2D eigenvalue weighted by atomic mass is 15.4. The molecule has 14 heavy (non-hydrogen) atoms. The zero-order valence-corrected chi connectivity index (χ0v) is 10.6. The van der Waals surface area contributed by atoms with E-state index in [2.05, 4.69) is 39.9 Å². The molecule has 2 heterocycles. The molecule has 0 spiro atoms. The molecule has 2 fully saturated rings. The van der Waals surface area contributed by atoms with Crippen molar-refractivity contribution in [2.45, 2.75) is 45.2 Å². The van der Waals surface area contributed by atoms with E-state index in [1.165, 1.54) is 36.8 Å².